The summed E-state index contributed by atoms with van der Waals surface area (Å²) < 4.78 is 0. The number of aliphatic hydroxyl groups excluding tert-OH is 1. The quantitative estimate of drug-likeness (QED) is 0.742. The summed E-state index contributed by atoms with van der Waals surface area (Å²) in [7, 11) is 0. The van der Waals surface area contributed by atoms with E-state index in [0.29, 0.717) is 0 Å². The van der Waals surface area contributed by atoms with Crippen LogP contribution in [0.1, 0.15) is 29.8 Å². The number of rotatable bonds is 4. The summed E-state index contributed by atoms with van der Waals surface area (Å²) in [6.07, 6.45) is -0.578. The molecule has 1 aromatic carbocycles. The van der Waals surface area contributed by atoms with Gasteiger partial charge in [-0.3, -0.25) is 4.79 Å². The summed E-state index contributed by atoms with van der Waals surface area (Å²) >= 11 is 0. The number of phenols is 1. The number of aliphatic hydroxyl groups is 1. The highest BCUT2D eigenvalue weighted by atomic mass is 16.3. The Hall–Kier alpha value is -1.55. The van der Waals surface area contributed by atoms with Gasteiger partial charge < -0.3 is 15.5 Å². The van der Waals surface area contributed by atoms with E-state index in [1.807, 2.05) is 20.8 Å². The first-order valence-corrected chi connectivity index (χ1v) is 5.67. The molecule has 0 saturated heterocycles. The number of aromatic hydroxyl groups is 1. The van der Waals surface area contributed by atoms with Crippen LogP contribution in [0.4, 0.5) is 0 Å². The predicted octanol–water partition coefficient (Wildman–Crippen LogP) is 1.45. The zero-order valence-corrected chi connectivity index (χ0v) is 10.4. The maximum Gasteiger partial charge on any atom is 0.255 e. The molecule has 17 heavy (non-hydrogen) atoms. The third kappa shape index (κ3) is 3.75. The first-order chi connectivity index (χ1) is 7.91. The maximum absolute atomic E-state index is 11.8. The number of aryl methyl sites for hydroxylation is 1. The fourth-order valence-corrected chi connectivity index (χ4v) is 1.36. The van der Waals surface area contributed by atoms with Gasteiger partial charge in [0.05, 0.1) is 11.7 Å². The fraction of sp³-hybridized carbons (Fsp3) is 0.462. The van der Waals surface area contributed by atoms with Crippen molar-refractivity contribution in [3.63, 3.8) is 0 Å². The van der Waals surface area contributed by atoms with Crippen molar-refractivity contribution in [2.75, 3.05) is 6.54 Å². The lowest BCUT2D eigenvalue weighted by Gasteiger charge is -2.15. The lowest BCUT2D eigenvalue weighted by molar-refractivity contribution is 0.0869. The van der Waals surface area contributed by atoms with E-state index in [1.54, 1.807) is 12.1 Å². The van der Waals surface area contributed by atoms with Crippen molar-refractivity contribution in [1.82, 2.24) is 5.32 Å². The Labute approximate surface area is 101 Å². The van der Waals surface area contributed by atoms with Crippen molar-refractivity contribution in [2.24, 2.45) is 5.92 Å². The van der Waals surface area contributed by atoms with Crippen LogP contribution in [0.25, 0.3) is 0 Å². The van der Waals surface area contributed by atoms with Crippen molar-refractivity contribution in [3.05, 3.63) is 29.3 Å². The standard InChI is InChI=1S/C13H19NO3/c1-8(2)12(16)7-14-13(17)10-6-9(3)4-5-11(10)15/h4-6,8,12,15-16H,7H2,1-3H3,(H,14,17). The highest BCUT2D eigenvalue weighted by molar-refractivity contribution is 5.96. The molecule has 0 aromatic heterocycles. The van der Waals surface area contributed by atoms with E-state index < -0.39 is 6.10 Å². The highest BCUT2D eigenvalue weighted by Crippen LogP contribution is 2.17. The van der Waals surface area contributed by atoms with Crippen LogP contribution in [0.3, 0.4) is 0 Å². The van der Waals surface area contributed by atoms with Crippen LogP contribution in [0, 0.1) is 12.8 Å². The second-order valence-electron chi connectivity index (χ2n) is 4.54. The van der Waals surface area contributed by atoms with Gasteiger partial charge in [0, 0.05) is 6.54 Å². The molecule has 0 saturated carbocycles. The Balaban J connectivity index is 2.67. The van der Waals surface area contributed by atoms with Crippen molar-refractivity contribution in [3.8, 4) is 5.75 Å². The van der Waals surface area contributed by atoms with E-state index in [0.717, 1.165) is 5.56 Å². The molecule has 94 valence electrons. The van der Waals surface area contributed by atoms with Gasteiger partial charge in [0.15, 0.2) is 0 Å². The van der Waals surface area contributed by atoms with E-state index in [-0.39, 0.29) is 29.7 Å². The van der Waals surface area contributed by atoms with Gasteiger partial charge >= 0.3 is 0 Å². The largest absolute Gasteiger partial charge is 0.507 e. The zero-order valence-electron chi connectivity index (χ0n) is 10.4. The number of benzene rings is 1. The Kier molecular flexibility index (Phi) is 4.52. The summed E-state index contributed by atoms with van der Waals surface area (Å²) in [4.78, 5) is 11.8. The average Bonchev–Trinajstić information content (AvgIpc) is 2.28. The molecule has 0 aliphatic rings. The minimum absolute atomic E-state index is 0.0489. The number of nitrogens with one attached hydrogen (secondary N) is 1. The number of carbonyl (C=O) groups excluding carboxylic acids is 1. The lowest BCUT2D eigenvalue weighted by atomic mass is 10.1. The predicted molar refractivity (Wildman–Crippen MR) is 66.0 cm³/mol. The Morgan fingerprint density at radius 1 is 1.41 bits per heavy atom. The van der Waals surface area contributed by atoms with E-state index in [9.17, 15) is 15.0 Å². The normalized spacial score (nSPS) is 12.5. The number of carbonyl (C=O) groups is 1. The van der Waals surface area contributed by atoms with Crippen LogP contribution in [0.5, 0.6) is 5.75 Å². The van der Waals surface area contributed by atoms with Gasteiger partial charge in [-0.25, -0.2) is 0 Å². The minimum Gasteiger partial charge on any atom is -0.507 e. The van der Waals surface area contributed by atoms with E-state index in [4.69, 9.17) is 0 Å². The van der Waals surface area contributed by atoms with Crippen LogP contribution in [0.15, 0.2) is 18.2 Å². The first kappa shape index (κ1) is 13.5. The van der Waals surface area contributed by atoms with Crippen molar-refractivity contribution in [1.29, 1.82) is 0 Å². The smallest absolute Gasteiger partial charge is 0.255 e. The maximum atomic E-state index is 11.8. The van der Waals surface area contributed by atoms with Crippen molar-refractivity contribution >= 4 is 5.91 Å². The summed E-state index contributed by atoms with van der Waals surface area (Å²) in [6.45, 7) is 5.78. The molecule has 0 radical (unpaired) electrons. The van der Waals surface area contributed by atoms with E-state index >= 15 is 0 Å². The molecule has 0 heterocycles. The topological polar surface area (TPSA) is 69.6 Å². The second kappa shape index (κ2) is 5.68. The van der Waals surface area contributed by atoms with Crippen molar-refractivity contribution < 1.29 is 15.0 Å². The second-order valence-corrected chi connectivity index (χ2v) is 4.54. The van der Waals surface area contributed by atoms with Crippen LogP contribution in [-0.2, 0) is 0 Å². The summed E-state index contributed by atoms with van der Waals surface area (Å²) in [5, 5.41) is 21.7. The molecule has 1 unspecified atom stereocenters. The third-order valence-electron chi connectivity index (χ3n) is 2.64. The van der Waals surface area contributed by atoms with Gasteiger partial charge in [-0.1, -0.05) is 25.5 Å². The number of amides is 1. The first-order valence-electron chi connectivity index (χ1n) is 5.67. The Bertz CT molecular complexity index is 402. The summed E-state index contributed by atoms with van der Waals surface area (Å²) in [5.74, 6) is -0.334. The third-order valence-corrected chi connectivity index (χ3v) is 2.64. The molecule has 0 aliphatic carbocycles. The number of phenolic OH excluding ortho intramolecular Hbond substituents is 1. The van der Waals surface area contributed by atoms with Crippen molar-refractivity contribution in [2.45, 2.75) is 26.9 Å². The van der Waals surface area contributed by atoms with Gasteiger partial charge in [-0.2, -0.15) is 0 Å². The molecule has 1 atom stereocenters. The Morgan fingerprint density at radius 2 is 2.06 bits per heavy atom. The molecule has 1 rings (SSSR count). The summed E-state index contributed by atoms with van der Waals surface area (Å²) in [6, 6.07) is 4.84. The monoisotopic (exact) mass is 237 g/mol. The molecule has 0 bridgehead atoms. The number of hydrogen-bond donors (Lipinski definition) is 3. The molecule has 1 amide bonds. The van der Waals surface area contributed by atoms with Gasteiger partial charge in [-0.05, 0) is 25.0 Å². The summed E-state index contributed by atoms with van der Waals surface area (Å²) in [5.41, 5.74) is 1.14. The van der Waals surface area contributed by atoms with Gasteiger partial charge in [0.25, 0.3) is 5.91 Å². The molecule has 0 aliphatic heterocycles. The molecular formula is C13H19NO3. The molecule has 4 nitrogen and oxygen atoms in total. The molecule has 3 N–H and O–H groups in total. The van der Waals surface area contributed by atoms with Crippen LogP contribution in [-0.4, -0.2) is 28.8 Å². The molecule has 0 fully saturated rings. The molecule has 1 aromatic rings. The zero-order chi connectivity index (χ0) is 13.0. The molecule has 0 spiro atoms. The van der Waals surface area contributed by atoms with Crippen LogP contribution >= 0.6 is 0 Å². The van der Waals surface area contributed by atoms with Gasteiger partial charge in [-0.15, -0.1) is 0 Å². The average molecular weight is 237 g/mol. The van der Waals surface area contributed by atoms with Crippen LogP contribution < -0.4 is 5.32 Å². The minimum atomic E-state index is -0.578. The van der Waals surface area contributed by atoms with E-state index in [2.05, 4.69) is 5.32 Å². The Morgan fingerprint density at radius 3 is 2.65 bits per heavy atom. The molecule has 4 heteroatoms. The molecular weight excluding hydrogens is 218 g/mol. The van der Waals surface area contributed by atoms with Crippen LogP contribution in [0.2, 0.25) is 0 Å². The number of hydrogen-bond acceptors (Lipinski definition) is 3. The van der Waals surface area contributed by atoms with Gasteiger partial charge in [0.2, 0.25) is 0 Å². The fourth-order valence-electron chi connectivity index (χ4n) is 1.36. The van der Waals surface area contributed by atoms with Gasteiger partial charge in [0.1, 0.15) is 5.75 Å². The lowest BCUT2D eigenvalue weighted by Crippen LogP contribution is -2.34. The SMILES string of the molecule is Cc1ccc(O)c(C(=O)NCC(O)C(C)C)c1. The van der Waals surface area contributed by atoms with E-state index in [1.165, 1.54) is 6.07 Å². The highest BCUT2D eigenvalue weighted by Gasteiger charge is 2.14.